The van der Waals surface area contributed by atoms with Crippen LogP contribution < -0.4 is 9.47 Å². The molecule has 8 heteroatoms. The number of carbonyl (C=O) groups excluding carboxylic acids is 5. The van der Waals surface area contributed by atoms with Crippen molar-refractivity contribution < 1.29 is 38.2 Å². The second-order valence-electron chi connectivity index (χ2n) is 7.48. The van der Waals surface area contributed by atoms with Crippen molar-refractivity contribution in [1.82, 2.24) is 0 Å². The number of rotatable bonds is 5. The Labute approximate surface area is 235 Å². The van der Waals surface area contributed by atoms with Crippen LogP contribution in [0.3, 0.4) is 0 Å². The van der Waals surface area contributed by atoms with E-state index in [9.17, 15) is 14.4 Å². The summed E-state index contributed by atoms with van der Waals surface area (Å²) in [5, 5.41) is 0. The zero-order valence-corrected chi connectivity index (χ0v) is 23.6. The first-order valence-electron chi connectivity index (χ1n) is 11.7. The summed E-state index contributed by atoms with van der Waals surface area (Å²) in [7, 11) is 1.21. The van der Waals surface area contributed by atoms with E-state index < -0.39 is 17.9 Å². The van der Waals surface area contributed by atoms with E-state index >= 15 is 0 Å². The summed E-state index contributed by atoms with van der Waals surface area (Å²) in [6.07, 6.45) is 3.50. The second-order valence-corrected chi connectivity index (χ2v) is 7.48. The van der Waals surface area contributed by atoms with Gasteiger partial charge in [-0.05, 0) is 70.2 Å². The molecule has 3 aromatic carbocycles. The first-order chi connectivity index (χ1) is 19.2. The van der Waals surface area contributed by atoms with Gasteiger partial charge in [-0.15, -0.1) is 13.2 Å². The molecule has 0 aliphatic carbocycles. The predicted octanol–water partition coefficient (Wildman–Crippen LogP) is 6.54. The lowest BCUT2D eigenvalue weighted by atomic mass is 10.1. The van der Waals surface area contributed by atoms with Crippen LogP contribution in [0.4, 0.5) is 0 Å². The highest BCUT2D eigenvalue weighted by Crippen LogP contribution is 2.27. The minimum atomic E-state index is -0.727. The van der Waals surface area contributed by atoms with Gasteiger partial charge in [0.25, 0.3) is 0 Å². The molecular formula is C32H36O8. The van der Waals surface area contributed by atoms with Crippen LogP contribution >= 0.6 is 0 Å². The molecule has 0 bridgehead atoms. The molecule has 0 amide bonds. The number of hydrogen-bond acceptors (Lipinski definition) is 8. The van der Waals surface area contributed by atoms with E-state index in [-0.39, 0.29) is 17.1 Å². The fraction of sp³-hybridized carbons (Fsp3) is 0.156. The number of ether oxygens (including phenoxy) is 3. The van der Waals surface area contributed by atoms with Crippen LogP contribution in [-0.4, -0.2) is 38.6 Å². The van der Waals surface area contributed by atoms with E-state index in [0.717, 1.165) is 11.1 Å². The van der Waals surface area contributed by atoms with Crippen molar-refractivity contribution in [3.63, 3.8) is 0 Å². The Kier molecular flexibility index (Phi) is 20.3. The van der Waals surface area contributed by atoms with Gasteiger partial charge in [0.15, 0.2) is 0 Å². The van der Waals surface area contributed by atoms with Crippen LogP contribution in [0, 0.1) is 13.8 Å². The van der Waals surface area contributed by atoms with Crippen molar-refractivity contribution >= 4 is 31.5 Å². The Bertz CT molecular complexity index is 1200. The molecule has 0 aliphatic rings. The summed E-state index contributed by atoms with van der Waals surface area (Å²) < 4.78 is 15.5. The molecule has 0 saturated carbocycles. The molecule has 8 nitrogen and oxygen atoms in total. The van der Waals surface area contributed by atoms with E-state index in [1.54, 1.807) is 60.7 Å². The summed E-state index contributed by atoms with van der Waals surface area (Å²) in [5.74, 6) is -1.80. The van der Waals surface area contributed by atoms with E-state index in [1.807, 2.05) is 41.3 Å². The van der Waals surface area contributed by atoms with Crippen LogP contribution in [0.15, 0.2) is 92.0 Å². The van der Waals surface area contributed by atoms with Crippen LogP contribution in [0.5, 0.6) is 11.5 Å². The van der Waals surface area contributed by atoms with Crippen LogP contribution in [0.2, 0.25) is 0 Å². The molecule has 0 aromatic heterocycles. The lowest BCUT2D eigenvalue weighted by Gasteiger charge is -2.11. The standard InChI is InChI=1S/C24H20O6.2C3H6.2CH2O/c1-15-4-8-17(9-5-15)22(25)29-19-12-13-21(20(14-19)24(27)28-3)30-23(26)18-10-6-16(2)7-11-18;2*1-3-2;2*1-2/h4-14H,1-3H3;2*3H,1H2,2H3;2*1H2. The van der Waals surface area contributed by atoms with E-state index in [1.165, 1.54) is 25.3 Å². The van der Waals surface area contributed by atoms with E-state index in [2.05, 4.69) is 13.2 Å². The monoisotopic (exact) mass is 548 g/mol. The Morgan fingerprint density at radius 1 is 0.625 bits per heavy atom. The summed E-state index contributed by atoms with van der Waals surface area (Å²) >= 11 is 0. The van der Waals surface area contributed by atoms with Crippen molar-refractivity contribution in [1.29, 1.82) is 0 Å². The molecule has 0 atom stereocenters. The second kappa shape index (κ2) is 21.9. The smallest absolute Gasteiger partial charge is 0.343 e. The highest BCUT2D eigenvalue weighted by atomic mass is 16.5. The number of allylic oxidation sites excluding steroid dienone is 2. The molecule has 0 saturated heterocycles. The fourth-order valence-corrected chi connectivity index (χ4v) is 2.64. The minimum absolute atomic E-state index is 0.00237. The normalized spacial score (nSPS) is 8.53. The van der Waals surface area contributed by atoms with Crippen molar-refractivity contribution in [3.05, 3.63) is 120 Å². The number of hydrogen-bond donors (Lipinski definition) is 0. The highest BCUT2D eigenvalue weighted by Gasteiger charge is 2.19. The molecule has 0 radical (unpaired) electrons. The Hall–Kier alpha value is -5.11. The van der Waals surface area contributed by atoms with Crippen molar-refractivity contribution in [2.24, 2.45) is 0 Å². The van der Waals surface area contributed by atoms with Crippen molar-refractivity contribution in [3.8, 4) is 11.5 Å². The van der Waals surface area contributed by atoms with Gasteiger partial charge in [-0.2, -0.15) is 0 Å². The third-order valence-electron chi connectivity index (χ3n) is 4.34. The molecule has 3 rings (SSSR count). The average molecular weight is 549 g/mol. The van der Waals surface area contributed by atoms with Crippen LogP contribution in [0.1, 0.15) is 56.0 Å². The fourth-order valence-electron chi connectivity index (χ4n) is 2.64. The molecule has 0 N–H and O–H groups in total. The molecule has 0 aliphatic heterocycles. The maximum absolute atomic E-state index is 12.4. The SMILES string of the molecule is C=CC.C=CC.C=O.C=O.COC(=O)c1cc(OC(=O)c2ccc(C)cc2)ccc1OC(=O)c1ccc(C)cc1. The maximum atomic E-state index is 12.4. The largest absolute Gasteiger partial charge is 0.465 e. The number of esters is 3. The highest BCUT2D eigenvalue weighted by molar-refractivity contribution is 5.97. The molecule has 212 valence electrons. The zero-order valence-electron chi connectivity index (χ0n) is 23.6. The minimum Gasteiger partial charge on any atom is -0.465 e. The van der Waals surface area contributed by atoms with Gasteiger partial charge in [0.1, 0.15) is 30.6 Å². The summed E-state index contributed by atoms with van der Waals surface area (Å²) in [4.78, 5) is 52.9. The quantitative estimate of drug-likeness (QED) is 0.201. The van der Waals surface area contributed by atoms with Crippen LogP contribution in [-0.2, 0) is 14.3 Å². The predicted molar refractivity (Wildman–Crippen MR) is 156 cm³/mol. The lowest BCUT2D eigenvalue weighted by Crippen LogP contribution is -2.13. The Morgan fingerprint density at radius 2 is 1.00 bits per heavy atom. The third kappa shape index (κ3) is 13.4. The van der Waals surface area contributed by atoms with Crippen LogP contribution in [0.25, 0.3) is 0 Å². The molecular weight excluding hydrogens is 512 g/mol. The first kappa shape index (κ1) is 37.0. The molecule has 0 heterocycles. The topological polar surface area (TPSA) is 113 Å². The number of carbonyl (C=O) groups is 5. The van der Waals surface area contributed by atoms with Gasteiger partial charge in [-0.1, -0.05) is 47.5 Å². The number of aryl methyl sites for hydroxylation is 2. The lowest BCUT2D eigenvalue weighted by molar-refractivity contribution is -0.0987. The third-order valence-corrected chi connectivity index (χ3v) is 4.34. The molecule has 0 spiro atoms. The number of methoxy groups -OCH3 is 1. The molecule has 0 fully saturated rings. The first-order valence-corrected chi connectivity index (χ1v) is 11.7. The zero-order chi connectivity index (χ0) is 31.1. The van der Waals surface area contributed by atoms with Gasteiger partial charge in [-0.25, -0.2) is 14.4 Å². The average Bonchev–Trinajstić information content (AvgIpc) is 2.97. The van der Waals surface area contributed by atoms with Gasteiger partial charge in [0, 0.05) is 0 Å². The van der Waals surface area contributed by atoms with Gasteiger partial charge in [-0.3, -0.25) is 0 Å². The van der Waals surface area contributed by atoms with Crippen molar-refractivity contribution in [2.45, 2.75) is 27.7 Å². The molecule has 0 unspecified atom stereocenters. The van der Waals surface area contributed by atoms with Crippen molar-refractivity contribution in [2.75, 3.05) is 7.11 Å². The molecule has 3 aromatic rings. The Morgan fingerprint density at radius 3 is 1.38 bits per heavy atom. The van der Waals surface area contributed by atoms with Gasteiger partial charge < -0.3 is 23.8 Å². The maximum Gasteiger partial charge on any atom is 0.343 e. The van der Waals surface area contributed by atoms with Gasteiger partial charge >= 0.3 is 17.9 Å². The summed E-state index contributed by atoms with van der Waals surface area (Å²) in [5.41, 5.74) is 2.69. The Balaban J connectivity index is 0. The summed E-state index contributed by atoms with van der Waals surface area (Å²) in [6, 6.07) is 17.8. The molecule has 40 heavy (non-hydrogen) atoms. The van der Waals surface area contributed by atoms with E-state index in [4.69, 9.17) is 23.8 Å². The number of benzene rings is 3. The van der Waals surface area contributed by atoms with E-state index in [0.29, 0.717) is 11.1 Å². The van der Waals surface area contributed by atoms with Gasteiger partial charge in [0.2, 0.25) is 0 Å². The van der Waals surface area contributed by atoms with Gasteiger partial charge in [0.05, 0.1) is 18.2 Å². The summed E-state index contributed by atoms with van der Waals surface area (Å²) in [6.45, 7) is 18.3.